The Balaban J connectivity index is 1.54. The van der Waals surface area contributed by atoms with Gasteiger partial charge in [-0.25, -0.2) is 0 Å². The van der Waals surface area contributed by atoms with E-state index in [0.29, 0.717) is 11.3 Å². The number of piperidine rings is 1. The lowest BCUT2D eigenvalue weighted by Gasteiger charge is -2.35. The third-order valence-corrected chi connectivity index (χ3v) is 9.06. The molecule has 47 heavy (non-hydrogen) atoms. The van der Waals surface area contributed by atoms with E-state index in [1.54, 1.807) is 37.8 Å². The van der Waals surface area contributed by atoms with E-state index >= 15 is 0 Å². The van der Waals surface area contributed by atoms with Gasteiger partial charge in [0.05, 0.1) is 28.0 Å². The van der Waals surface area contributed by atoms with Crippen LogP contribution in [0.3, 0.4) is 0 Å². The van der Waals surface area contributed by atoms with E-state index < -0.39 is 47.5 Å². The van der Waals surface area contributed by atoms with Gasteiger partial charge in [-0.05, 0) is 74.4 Å². The van der Waals surface area contributed by atoms with Crippen LogP contribution in [0.1, 0.15) is 85.6 Å². The van der Waals surface area contributed by atoms with Crippen LogP contribution in [0.2, 0.25) is 5.02 Å². The standard InChI is InChI=1S/C33H39ClF6N4O3/c1-31(2,3)30(47)41-18-19-4-10-26(34)24(16-19)28(45)43-23-9-11-27(44-14-12-21(13-15-44)33(38,39)40)25(17-23)29(46)42-22-7-5-20(6-8-22)32(35,36)37/h4,9-11,16-17,20-22H,5-8,12-15,18H2,1-3H3,(H,41,47)(H,42,46)(H,43,45)/t20-,22-. The number of halogens is 7. The largest absolute Gasteiger partial charge is 0.391 e. The summed E-state index contributed by atoms with van der Waals surface area (Å²) >= 11 is 6.32. The average Bonchev–Trinajstić information content (AvgIpc) is 2.99. The molecule has 1 aliphatic carbocycles. The van der Waals surface area contributed by atoms with Gasteiger partial charge in [0, 0.05) is 42.5 Å². The van der Waals surface area contributed by atoms with Crippen LogP contribution < -0.4 is 20.9 Å². The topological polar surface area (TPSA) is 90.5 Å². The summed E-state index contributed by atoms with van der Waals surface area (Å²) < 4.78 is 79.4. The molecule has 0 aromatic heterocycles. The average molecular weight is 689 g/mol. The van der Waals surface area contributed by atoms with Crippen molar-refractivity contribution in [2.24, 2.45) is 17.3 Å². The maximum atomic E-state index is 13.6. The molecule has 1 saturated carbocycles. The third kappa shape index (κ3) is 9.55. The van der Waals surface area contributed by atoms with E-state index in [4.69, 9.17) is 11.6 Å². The second-order valence-electron chi connectivity index (χ2n) is 13.3. The molecule has 14 heteroatoms. The smallest absolute Gasteiger partial charge is 0.371 e. The molecule has 0 atom stereocenters. The van der Waals surface area contributed by atoms with Gasteiger partial charge in [-0.3, -0.25) is 14.4 Å². The second kappa shape index (κ2) is 14.3. The molecule has 0 spiro atoms. The zero-order valence-electron chi connectivity index (χ0n) is 26.4. The van der Waals surface area contributed by atoms with Crippen molar-refractivity contribution in [2.45, 2.75) is 84.2 Å². The van der Waals surface area contributed by atoms with Gasteiger partial charge in [-0.15, -0.1) is 0 Å². The van der Waals surface area contributed by atoms with E-state index in [1.165, 1.54) is 24.3 Å². The highest BCUT2D eigenvalue weighted by Gasteiger charge is 2.43. The molecule has 3 N–H and O–H groups in total. The zero-order chi connectivity index (χ0) is 34.7. The number of benzene rings is 2. The van der Waals surface area contributed by atoms with Crippen molar-refractivity contribution in [3.8, 4) is 0 Å². The van der Waals surface area contributed by atoms with Gasteiger partial charge < -0.3 is 20.9 Å². The molecule has 0 bridgehead atoms. The summed E-state index contributed by atoms with van der Waals surface area (Å²) in [4.78, 5) is 40.9. The first-order valence-electron chi connectivity index (χ1n) is 15.5. The first-order valence-corrected chi connectivity index (χ1v) is 15.9. The van der Waals surface area contributed by atoms with E-state index in [2.05, 4.69) is 16.0 Å². The number of amides is 3. The molecule has 4 rings (SSSR count). The number of rotatable bonds is 7. The highest BCUT2D eigenvalue weighted by molar-refractivity contribution is 6.34. The number of hydrogen-bond donors (Lipinski definition) is 3. The van der Waals surface area contributed by atoms with E-state index in [9.17, 15) is 40.7 Å². The van der Waals surface area contributed by atoms with Gasteiger partial charge >= 0.3 is 12.4 Å². The summed E-state index contributed by atoms with van der Waals surface area (Å²) in [6.45, 7) is 5.55. The zero-order valence-corrected chi connectivity index (χ0v) is 27.1. The predicted octanol–water partition coefficient (Wildman–Crippen LogP) is 7.88. The van der Waals surface area contributed by atoms with Crippen molar-refractivity contribution < 1.29 is 40.7 Å². The summed E-state index contributed by atoms with van der Waals surface area (Å²) in [5, 5.41) is 8.46. The summed E-state index contributed by atoms with van der Waals surface area (Å²) in [6.07, 6.45) is -8.94. The van der Waals surface area contributed by atoms with Crippen molar-refractivity contribution in [3.63, 3.8) is 0 Å². The van der Waals surface area contributed by atoms with Crippen LogP contribution in [0, 0.1) is 17.3 Å². The number of hydrogen-bond acceptors (Lipinski definition) is 4. The monoisotopic (exact) mass is 688 g/mol. The number of nitrogens with one attached hydrogen (secondary N) is 3. The molecule has 2 aromatic rings. The molecular formula is C33H39ClF6N4O3. The lowest BCUT2D eigenvalue weighted by molar-refractivity contribution is -0.182. The summed E-state index contributed by atoms with van der Waals surface area (Å²) in [5.41, 5.74) is 0.766. The normalized spacial score (nSPS) is 19.7. The van der Waals surface area contributed by atoms with Gasteiger partial charge in [-0.2, -0.15) is 26.3 Å². The number of anilines is 2. The van der Waals surface area contributed by atoms with E-state index in [0.717, 1.165) is 0 Å². The second-order valence-corrected chi connectivity index (χ2v) is 13.7. The third-order valence-electron chi connectivity index (χ3n) is 8.73. The van der Waals surface area contributed by atoms with Crippen LogP contribution in [0.4, 0.5) is 37.7 Å². The first-order chi connectivity index (χ1) is 21.8. The van der Waals surface area contributed by atoms with Crippen molar-refractivity contribution in [2.75, 3.05) is 23.3 Å². The van der Waals surface area contributed by atoms with Crippen molar-refractivity contribution in [1.82, 2.24) is 10.6 Å². The molecule has 1 aliphatic heterocycles. The highest BCUT2D eigenvalue weighted by atomic mass is 35.5. The lowest BCUT2D eigenvalue weighted by Crippen LogP contribution is -2.42. The summed E-state index contributed by atoms with van der Waals surface area (Å²) in [7, 11) is 0. The van der Waals surface area contributed by atoms with Crippen LogP contribution in [-0.4, -0.2) is 49.2 Å². The molecule has 0 unspecified atom stereocenters. The molecular weight excluding hydrogens is 650 g/mol. The van der Waals surface area contributed by atoms with Crippen molar-refractivity contribution >= 4 is 40.7 Å². The number of carbonyl (C=O) groups excluding carboxylic acids is 3. The Morgan fingerprint density at radius 1 is 0.787 bits per heavy atom. The van der Waals surface area contributed by atoms with Gasteiger partial charge in [0.25, 0.3) is 11.8 Å². The van der Waals surface area contributed by atoms with Crippen LogP contribution in [-0.2, 0) is 11.3 Å². The predicted molar refractivity (Wildman–Crippen MR) is 167 cm³/mol. The lowest BCUT2D eigenvalue weighted by atomic mass is 9.85. The SMILES string of the molecule is CC(C)(C)C(=O)NCc1ccc(Cl)c(C(=O)Nc2ccc(N3CCC(C(F)(F)F)CC3)c(C(=O)N[C@H]3CC[C@H](C(F)(F)F)CC3)c2)c1. The van der Waals surface area contributed by atoms with Crippen LogP contribution in [0.5, 0.6) is 0 Å². The molecule has 1 heterocycles. The van der Waals surface area contributed by atoms with Gasteiger partial charge in [0.1, 0.15) is 0 Å². The van der Waals surface area contributed by atoms with Gasteiger partial charge in [0.15, 0.2) is 0 Å². The van der Waals surface area contributed by atoms with Crippen molar-refractivity contribution in [3.05, 3.63) is 58.1 Å². The molecule has 2 fully saturated rings. The Bertz CT molecular complexity index is 1460. The maximum Gasteiger partial charge on any atom is 0.391 e. The fourth-order valence-corrected chi connectivity index (χ4v) is 6.05. The minimum absolute atomic E-state index is 0.0427. The minimum Gasteiger partial charge on any atom is -0.371 e. The summed E-state index contributed by atoms with van der Waals surface area (Å²) in [5.74, 6) is -4.27. The quantitative estimate of drug-likeness (QED) is 0.258. The van der Waals surface area contributed by atoms with Gasteiger partial charge in [0.2, 0.25) is 5.91 Å². The molecule has 1 saturated heterocycles. The van der Waals surface area contributed by atoms with Crippen LogP contribution in [0.25, 0.3) is 0 Å². The Morgan fingerprint density at radius 3 is 1.96 bits per heavy atom. The molecule has 258 valence electrons. The van der Waals surface area contributed by atoms with Crippen LogP contribution in [0.15, 0.2) is 36.4 Å². The highest BCUT2D eigenvalue weighted by Crippen LogP contribution is 2.39. The molecule has 7 nitrogen and oxygen atoms in total. The first kappa shape index (κ1) is 36.4. The Labute approximate surface area is 274 Å². The minimum atomic E-state index is -4.33. The molecule has 3 amide bonds. The van der Waals surface area contributed by atoms with E-state index in [-0.39, 0.29) is 85.9 Å². The van der Waals surface area contributed by atoms with Crippen LogP contribution >= 0.6 is 11.6 Å². The Morgan fingerprint density at radius 2 is 1.38 bits per heavy atom. The molecule has 2 aromatic carbocycles. The molecule has 2 aliphatic rings. The Kier molecular flexibility index (Phi) is 11.1. The number of carbonyl (C=O) groups is 3. The number of alkyl halides is 6. The summed E-state index contributed by atoms with van der Waals surface area (Å²) in [6, 6.07) is 8.68. The number of nitrogens with zero attached hydrogens (tertiary/aromatic N) is 1. The van der Waals surface area contributed by atoms with Gasteiger partial charge in [-0.1, -0.05) is 38.4 Å². The van der Waals surface area contributed by atoms with E-state index in [1.807, 2.05) is 0 Å². The molecule has 0 radical (unpaired) electrons. The fourth-order valence-electron chi connectivity index (χ4n) is 5.85. The fraction of sp³-hybridized carbons (Fsp3) is 0.545. The maximum absolute atomic E-state index is 13.6. The Hall–Kier alpha value is -3.48. The van der Waals surface area contributed by atoms with Crippen molar-refractivity contribution in [1.29, 1.82) is 0 Å².